The summed E-state index contributed by atoms with van der Waals surface area (Å²) in [6.45, 7) is 6.33. The zero-order valence-corrected chi connectivity index (χ0v) is 13.8. The average Bonchev–Trinajstić information content (AvgIpc) is 2.81. The first-order valence-electron chi connectivity index (χ1n) is 7.13. The maximum Gasteiger partial charge on any atom is 0.411 e. The molecule has 8 nitrogen and oxygen atoms in total. The Morgan fingerprint density at radius 2 is 2.05 bits per heavy atom. The second-order valence-corrected chi connectivity index (χ2v) is 5.95. The number of ether oxygens (including phenoxy) is 2. The quantitative estimate of drug-likeness (QED) is 0.597. The van der Waals surface area contributed by atoms with Crippen LogP contribution in [0, 0.1) is 0 Å². The minimum atomic E-state index is -0.652. The molecular weight excluding hydrogens is 290 g/mol. The van der Waals surface area contributed by atoms with Gasteiger partial charge in [0.2, 0.25) is 5.91 Å². The Morgan fingerprint density at radius 1 is 1.36 bits per heavy atom. The lowest BCUT2D eigenvalue weighted by Crippen LogP contribution is -2.48. The van der Waals surface area contributed by atoms with Crippen LogP contribution >= 0.6 is 0 Å². The van der Waals surface area contributed by atoms with E-state index in [1.807, 2.05) is 0 Å². The van der Waals surface area contributed by atoms with E-state index >= 15 is 0 Å². The molecule has 1 fully saturated rings. The van der Waals surface area contributed by atoms with Crippen molar-refractivity contribution in [1.29, 1.82) is 0 Å². The summed E-state index contributed by atoms with van der Waals surface area (Å²) in [7, 11) is 2.98. The van der Waals surface area contributed by atoms with Crippen molar-refractivity contribution in [2.75, 3.05) is 33.9 Å². The summed E-state index contributed by atoms with van der Waals surface area (Å²) in [4.78, 5) is 30.6. The van der Waals surface area contributed by atoms with E-state index in [-0.39, 0.29) is 12.5 Å². The molecule has 22 heavy (non-hydrogen) atoms. The van der Waals surface area contributed by atoms with Crippen LogP contribution < -0.4 is 5.32 Å². The number of hydrogen-bond donors (Lipinski definition) is 1. The molecule has 0 aromatic rings. The van der Waals surface area contributed by atoms with Crippen molar-refractivity contribution in [1.82, 2.24) is 10.2 Å². The van der Waals surface area contributed by atoms with E-state index in [0.29, 0.717) is 25.3 Å². The van der Waals surface area contributed by atoms with Crippen LogP contribution in [0.25, 0.3) is 0 Å². The lowest BCUT2D eigenvalue weighted by atomic mass is 10.2. The lowest BCUT2D eigenvalue weighted by molar-refractivity contribution is -0.125. The number of carbonyl (C=O) groups excluding carboxylic acids is 2. The Kier molecular flexibility index (Phi) is 6.61. The van der Waals surface area contributed by atoms with Crippen molar-refractivity contribution < 1.29 is 23.9 Å². The number of rotatable bonds is 5. The number of hydrogen-bond acceptors (Lipinski definition) is 6. The topological polar surface area (TPSA) is 89.5 Å². The van der Waals surface area contributed by atoms with E-state index < -0.39 is 17.7 Å². The Labute approximate surface area is 130 Å². The third-order valence-electron chi connectivity index (χ3n) is 2.91. The molecule has 0 bridgehead atoms. The van der Waals surface area contributed by atoms with Gasteiger partial charge in [-0.05, 0) is 20.8 Å². The Morgan fingerprint density at radius 3 is 2.59 bits per heavy atom. The normalized spacial score (nSPS) is 20.1. The van der Waals surface area contributed by atoms with E-state index in [1.165, 1.54) is 12.0 Å². The summed E-state index contributed by atoms with van der Waals surface area (Å²) < 4.78 is 10.2. The van der Waals surface area contributed by atoms with Gasteiger partial charge in [0.25, 0.3) is 0 Å². The maximum absolute atomic E-state index is 12.3. The van der Waals surface area contributed by atoms with Crippen LogP contribution in [-0.4, -0.2) is 68.2 Å². The molecule has 0 saturated carbocycles. The van der Waals surface area contributed by atoms with Gasteiger partial charge in [-0.3, -0.25) is 9.69 Å². The number of nitrogens with zero attached hydrogens (tertiary/aromatic N) is 2. The van der Waals surface area contributed by atoms with Gasteiger partial charge in [0.15, 0.2) is 0 Å². The number of amides is 2. The monoisotopic (exact) mass is 315 g/mol. The van der Waals surface area contributed by atoms with Crippen LogP contribution in [0.1, 0.15) is 27.2 Å². The van der Waals surface area contributed by atoms with Gasteiger partial charge in [-0.1, -0.05) is 5.16 Å². The van der Waals surface area contributed by atoms with Gasteiger partial charge in [-0.25, -0.2) is 4.79 Å². The van der Waals surface area contributed by atoms with Crippen molar-refractivity contribution in [3.8, 4) is 0 Å². The fraction of sp³-hybridized carbons (Fsp3) is 0.786. The van der Waals surface area contributed by atoms with Crippen LogP contribution in [0.4, 0.5) is 4.79 Å². The second-order valence-electron chi connectivity index (χ2n) is 5.95. The first kappa shape index (κ1) is 18.2. The largest absolute Gasteiger partial charge is 0.444 e. The van der Waals surface area contributed by atoms with Gasteiger partial charge in [0.1, 0.15) is 18.8 Å². The molecule has 1 aliphatic heterocycles. The summed E-state index contributed by atoms with van der Waals surface area (Å²) in [5, 5.41) is 6.57. The number of likely N-dealkylation sites (tertiary alicyclic amines) is 1. The van der Waals surface area contributed by atoms with E-state index in [1.54, 1.807) is 27.9 Å². The number of methoxy groups -OCH3 is 1. The van der Waals surface area contributed by atoms with Gasteiger partial charge in [-0.2, -0.15) is 0 Å². The van der Waals surface area contributed by atoms with Gasteiger partial charge >= 0.3 is 6.09 Å². The Balaban J connectivity index is 2.78. The molecule has 0 aliphatic carbocycles. The molecular formula is C14H25N3O5. The molecule has 1 atom stereocenters. The first-order valence-corrected chi connectivity index (χ1v) is 7.13. The molecule has 0 spiro atoms. The van der Waals surface area contributed by atoms with E-state index in [2.05, 4.69) is 10.5 Å². The van der Waals surface area contributed by atoms with E-state index in [9.17, 15) is 9.59 Å². The molecule has 0 unspecified atom stereocenters. The summed E-state index contributed by atoms with van der Waals surface area (Å²) in [6.07, 6.45) is -0.216. The summed E-state index contributed by atoms with van der Waals surface area (Å²) in [6, 6.07) is -0.652. The van der Waals surface area contributed by atoms with Crippen LogP contribution in [0.15, 0.2) is 5.16 Å². The van der Waals surface area contributed by atoms with Crippen LogP contribution in [0.3, 0.4) is 0 Å². The van der Waals surface area contributed by atoms with Crippen LogP contribution in [-0.2, 0) is 19.1 Å². The van der Waals surface area contributed by atoms with Gasteiger partial charge in [0, 0.05) is 20.1 Å². The number of carbonyl (C=O) groups is 2. The molecule has 1 heterocycles. The zero-order chi connectivity index (χ0) is 16.8. The average molecular weight is 315 g/mol. The van der Waals surface area contributed by atoms with Crippen LogP contribution in [0.2, 0.25) is 0 Å². The molecule has 8 heteroatoms. The highest BCUT2D eigenvalue weighted by molar-refractivity contribution is 5.99. The highest BCUT2D eigenvalue weighted by atomic mass is 16.6. The van der Waals surface area contributed by atoms with Crippen LogP contribution in [0.5, 0.6) is 0 Å². The predicted molar refractivity (Wildman–Crippen MR) is 80.7 cm³/mol. The third-order valence-corrected chi connectivity index (χ3v) is 2.91. The molecule has 1 aliphatic rings. The van der Waals surface area contributed by atoms with Crippen molar-refractivity contribution in [3.63, 3.8) is 0 Å². The summed E-state index contributed by atoms with van der Waals surface area (Å²) in [5.74, 6) is -0.260. The molecule has 0 aromatic carbocycles. The summed E-state index contributed by atoms with van der Waals surface area (Å²) >= 11 is 0. The lowest BCUT2D eigenvalue weighted by Gasteiger charge is -2.27. The molecule has 2 amide bonds. The van der Waals surface area contributed by atoms with Gasteiger partial charge in [-0.15, -0.1) is 0 Å². The smallest absolute Gasteiger partial charge is 0.411 e. The number of nitrogens with one attached hydrogen (secondary N) is 1. The number of oxime groups is 1. The Hall–Kier alpha value is -1.83. The SMILES string of the molecule is COCCNC(=O)[C@@H]1C/C(=N\OC)CN1C(=O)OC(C)(C)C. The minimum Gasteiger partial charge on any atom is -0.444 e. The molecule has 0 radical (unpaired) electrons. The maximum atomic E-state index is 12.3. The third kappa shape index (κ3) is 5.51. The first-order chi connectivity index (χ1) is 10.3. The predicted octanol–water partition coefficient (Wildman–Crippen LogP) is 0.761. The van der Waals surface area contributed by atoms with E-state index in [4.69, 9.17) is 14.3 Å². The van der Waals surface area contributed by atoms with Crippen molar-refractivity contribution >= 4 is 17.7 Å². The van der Waals surface area contributed by atoms with Gasteiger partial charge < -0.3 is 19.6 Å². The van der Waals surface area contributed by atoms with Crippen molar-refractivity contribution in [3.05, 3.63) is 0 Å². The summed E-state index contributed by atoms with van der Waals surface area (Å²) in [5.41, 5.74) is -0.00442. The molecule has 1 saturated heterocycles. The highest BCUT2D eigenvalue weighted by Crippen LogP contribution is 2.20. The van der Waals surface area contributed by atoms with Crippen molar-refractivity contribution in [2.45, 2.75) is 38.8 Å². The fourth-order valence-electron chi connectivity index (χ4n) is 2.04. The Bertz CT molecular complexity index is 431. The molecule has 1 N–H and O–H groups in total. The standard InChI is InChI=1S/C14H25N3O5/c1-14(2,3)22-13(19)17-9-10(16-21-5)8-11(17)12(18)15-6-7-20-4/h11H,6-9H2,1-5H3,(H,15,18)/b16-10+/t11-/m0/s1. The minimum absolute atomic E-state index is 0.213. The van der Waals surface area contributed by atoms with Gasteiger partial charge in [0.05, 0.1) is 18.9 Å². The molecule has 1 rings (SSSR count). The highest BCUT2D eigenvalue weighted by Gasteiger charge is 2.40. The van der Waals surface area contributed by atoms with E-state index in [0.717, 1.165) is 0 Å². The molecule has 0 aromatic heterocycles. The second kappa shape index (κ2) is 7.98. The zero-order valence-electron chi connectivity index (χ0n) is 13.8. The van der Waals surface area contributed by atoms with Crippen molar-refractivity contribution in [2.24, 2.45) is 5.16 Å². The molecule has 126 valence electrons. The fourth-order valence-corrected chi connectivity index (χ4v) is 2.04.